The first-order valence-electron chi connectivity index (χ1n) is 9.99. The Hall–Kier alpha value is -1.72. The van der Waals surface area contributed by atoms with E-state index in [1.54, 1.807) is 0 Å². The molecular weight excluding hydrogens is 340 g/mol. The minimum absolute atomic E-state index is 0.144. The van der Waals surface area contributed by atoms with Gasteiger partial charge in [-0.1, -0.05) is 67.8 Å². The maximum atomic E-state index is 10.5. The van der Waals surface area contributed by atoms with Gasteiger partial charge in [0.1, 0.15) is 0 Å². The van der Waals surface area contributed by atoms with Crippen molar-refractivity contribution in [3.05, 3.63) is 70.8 Å². The van der Waals surface area contributed by atoms with Crippen molar-refractivity contribution in [1.29, 1.82) is 0 Å². The van der Waals surface area contributed by atoms with Gasteiger partial charge in [-0.3, -0.25) is 0 Å². The first-order chi connectivity index (χ1) is 13.1. The van der Waals surface area contributed by atoms with Crippen LogP contribution >= 0.6 is 0 Å². The van der Waals surface area contributed by atoms with Crippen molar-refractivity contribution >= 4 is 0 Å². The van der Waals surface area contributed by atoms with Crippen molar-refractivity contribution < 1.29 is 20.4 Å². The summed E-state index contributed by atoms with van der Waals surface area (Å²) in [5, 5.41) is 41.9. The summed E-state index contributed by atoms with van der Waals surface area (Å²) in [5.74, 6) is -0.288. The molecule has 27 heavy (non-hydrogen) atoms. The lowest BCUT2D eigenvalue weighted by molar-refractivity contribution is 0.0249. The standard InChI is InChI=1S/C23H28O4/c24-20-14-8-4-5-9-15(14)21(25)18(20)12-2-1-3-13-19-22(26)16-10-6-7-11-17(16)23(19)27/h4-11,18-27H,1-3,12-13H2. The van der Waals surface area contributed by atoms with Gasteiger partial charge in [0.2, 0.25) is 0 Å². The number of aliphatic hydroxyl groups excluding tert-OH is 4. The van der Waals surface area contributed by atoms with Crippen LogP contribution in [0.3, 0.4) is 0 Å². The third-order valence-electron chi connectivity index (χ3n) is 6.46. The van der Waals surface area contributed by atoms with Crippen LogP contribution in [-0.4, -0.2) is 20.4 Å². The summed E-state index contributed by atoms with van der Waals surface area (Å²) in [6.45, 7) is 0. The van der Waals surface area contributed by atoms with Crippen LogP contribution in [0.4, 0.5) is 0 Å². The molecule has 0 aromatic heterocycles. The second kappa shape index (κ2) is 7.72. The molecule has 4 atom stereocenters. The Morgan fingerprint density at radius 2 is 0.778 bits per heavy atom. The smallest absolute Gasteiger partial charge is 0.0849 e. The number of hydrogen-bond acceptors (Lipinski definition) is 4. The van der Waals surface area contributed by atoms with Crippen molar-refractivity contribution in [2.24, 2.45) is 11.8 Å². The van der Waals surface area contributed by atoms with Crippen LogP contribution in [0.5, 0.6) is 0 Å². The van der Waals surface area contributed by atoms with E-state index in [9.17, 15) is 20.4 Å². The molecule has 4 nitrogen and oxygen atoms in total. The molecule has 0 bridgehead atoms. The van der Waals surface area contributed by atoms with Crippen molar-refractivity contribution in [1.82, 2.24) is 0 Å². The quantitative estimate of drug-likeness (QED) is 0.586. The zero-order valence-corrected chi connectivity index (χ0v) is 15.4. The van der Waals surface area contributed by atoms with Gasteiger partial charge in [-0.2, -0.15) is 0 Å². The van der Waals surface area contributed by atoms with Crippen LogP contribution < -0.4 is 0 Å². The summed E-state index contributed by atoms with van der Waals surface area (Å²) >= 11 is 0. The van der Waals surface area contributed by atoms with Gasteiger partial charge in [0.05, 0.1) is 24.4 Å². The lowest BCUT2D eigenvalue weighted by Gasteiger charge is -2.20. The molecule has 0 spiro atoms. The molecule has 0 aliphatic heterocycles. The van der Waals surface area contributed by atoms with E-state index in [-0.39, 0.29) is 11.8 Å². The Kier molecular flexibility index (Phi) is 5.33. The van der Waals surface area contributed by atoms with Gasteiger partial charge in [-0.15, -0.1) is 0 Å². The van der Waals surface area contributed by atoms with Crippen molar-refractivity contribution in [3.63, 3.8) is 0 Å². The SMILES string of the molecule is OC1c2ccccc2C(O)C1CCCCCC1C(O)c2ccccc2C1O. The Balaban J connectivity index is 1.25. The Morgan fingerprint density at radius 3 is 1.07 bits per heavy atom. The summed E-state index contributed by atoms with van der Waals surface area (Å²) in [7, 11) is 0. The predicted molar refractivity (Wildman–Crippen MR) is 103 cm³/mol. The molecule has 2 aliphatic carbocycles. The fourth-order valence-corrected chi connectivity index (χ4v) is 4.94. The van der Waals surface area contributed by atoms with Gasteiger partial charge < -0.3 is 20.4 Å². The molecule has 2 aromatic rings. The molecule has 4 heteroatoms. The normalized spacial score (nSPS) is 31.7. The Bertz CT molecular complexity index is 666. The number of benzene rings is 2. The zero-order chi connectivity index (χ0) is 19.0. The second-order valence-electron chi connectivity index (χ2n) is 8.00. The topological polar surface area (TPSA) is 80.9 Å². The van der Waals surface area contributed by atoms with E-state index in [4.69, 9.17) is 0 Å². The van der Waals surface area contributed by atoms with Crippen molar-refractivity contribution in [2.45, 2.75) is 56.5 Å². The lowest BCUT2D eigenvalue weighted by Crippen LogP contribution is -2.13. The molecule has 0 heterocycles. The van der Waals surface area contributed by atoms with Gasteiger partial charge in [0.25, 0.3) is 0 Å². The van der Waals surface area contributed by atoms with E-state index in [0.29, 0.717) is 0 Å². The third kappa shape index (κ3) is 3.32. The monoisotopic (exact) mass is 368 g/mol. The lowest BCUT2D eigenvalue weighted by atomic mass is 9.91. The van der Waals surface area contributed by atoms with Crippen LogP contribution in [0, 0.1) is 11.8 Å². The van der Waals surface area contributed by atoms with E-state index in [1.807, 2.05) is 48.5 Å². The number of unbranched alkanes of at least 4 members (excludes halogenated alkanes) is 2. The van der Waals surface area contributed by atoms with Gasteiger partial charge in [-0.25, -0.2) is 0 Å². The largest absolute Gasteiger partial charge is 0.388 e. The van der Waals surface area contributed by atoms with Crippen LogP contribution in [0.25, 0.3) is 0 Å². The first kappa shape index (κ1) is 18.6. The van der Waals surface area contributed by atoms with Crippen LogP contribution in [0.15, 0.2) is 48.5 Å². The van der Waals surface area contributed by atoms with E-state index in [1.165, 1.54) is 0 Å². The van der Waals surface area contributed by atoms with Crippen LogP contribution in [0.1, 0.15) is 78.8 Å². The van der Waals surface area contributed by atoms with Gasteiger partial charge in [-0.05, 0) is 35.1 Å². The number of fused-ring (bicyclic) bond motifs is 2. The molecule has 144 valence electrons. The predicted octanol–water partition coefficient (Wildman–Crippen LogP) is 3.73. The zero-order valence-electron chi connectivity index (χ0n) is 15.4. The molecule has 0 radical (unpaired) electrons. The molecule has 2 aliphatic rings. The molecule has 4 rings (SSSR count). The van der Waals surface area contributed by atoms with Gasteiger partial charge in [0.15, 0.2) is 0 Å². The molecule has 4 N–H and O–H groups in total. The summed E-state index contributed by atoms with van der Waals surface area (Å²) in [4.78, 5) is 0. The Labute approximate surface area is 160 Å². The van der Waals surface area contributed by atoms with Crippen molar-refractivity contribution in [2.75, 3.05) is 0 Å². The average Bonchev–Trinajstić information content (AvgIpc) is 3.08. The van der Waals surface area contributed by atoms with Gasteiger partial charge >= 0.3 is 0 Å². The third-order valence-corrected chi connectivity index (χ3v) is 6.46. The highest BCUT2D eigenvalue weighted by atomic mass is 16.3. The molecule has 4 unspecified atom stereocenters. The minimum Gasteiger partial charge on any atom is -0.388 e. The summed E-state index contributed by atoms with van der Waals surface area (Å²) in [6.07, 6.45) is 1.96. The average molecular weight is 368 g/mol. The first-order valence-corrected chi connectivity index (χ1v) is 9.99. The van der Waals surface area contributed by atoms with Crippen LogP contribution in [0.2, 0.25) is 0 Å². The number of rotatable bonds is 6. The summed E-state index contributed by atoms with van der Waals surface area (Å²) in [5.41, 5.74) is 3.41. The number of aliphatic hydroxyl groups is 4. The highest BCUT2D eigenvalue weighted by Gasteiger charge is 2.39. The molecular formula is C23H28O4. The van der Waals surface area contributed by atoms with E-state index in [2.05, 4.69) is 0 Å². The highest BCUT2D eigenvalue weighted by molar-refractivity contribution is 5.37. The van der Waals surface area contributed by atoms with Gasteiger partial charge in [0, 0.05) is 11.8 Å². The molecule has 0 amide bonds. The summed E-state index contributed by atoms with van der Waals surface area (Å²) < 4.78 is 0. The van der Waals surface area contributed by atoms with E-state index < -0.39 is 24.4 Å². The minimum atomic E-state index is -0.593. The van der Waals surface area contributed by atoms with Crippen molar-refractivity contribution in [3.8, 4) is 0 Å². The molecule has 0 saturated carbocycles. The van der Waals surface area contributed by atoms with E-state index in [0.717, 1.165) is 54.4 Å². The second-order valence-corrected chi connectivity index (χ2v) is 8.00. The maximum absolute atomic E-state index is 10.5. The molecule has 0 fully saturated rings. The maximum Gasteiger partial charge on any atom is 0.0849 e. The summed E-state index contributed by atoms with van der Waals surface area (Å²) in [6, 6.07) is 15.2. The van der Waals surface area contributed by atoms with Crippen LogP contribution in [-0.2, 0) is 0 Å². The fraction of sp³-hybridized carbons (Fsp3) is 0.478. The molecule has 0 saturated heterocycles. The Morgan fingerprint density at radius 1 is 0.481 bits per heavy atom. The molecule has 2 aromatic carbocycles. The number of hydrogen-bond donors (Lipinski definition) is 4. The highest BCUT2D eigenvalue weighted by Crippen LogP contribution is 2.47. The van der Waals surface area contributed by atoms with E-state index >= 15 is 0 Å². The fourth-order valence-electron chi connectivity index (χ4n) is 4.94.